The summed E-state index contributed by atoms with van der Waals surface area (Å²) in [5, 5.41) is 14.6. The number of anilines is 1. The lowest BCUT2D eigenvalue weighted by atomic mass is 10.1. The number of hydrogen-bond acceptors (Lipinski definition) is 9. The van der Waals surface area contributed by atoms with Crippen molar-refractivity contribution in [1.29, 1.82) is 0 Å². The Morgan fingerprint density at radius 3 is 2.20 bits per heavy atom. The number of nitrogens with zero attached hydrogens (tertiary/aromatic N) is 3. The minimum Gasteiger partial charge on any atom is -0.497 e. The van der Waals surface area contributed by atoms with Gasteiger partial charge in [-0.3, -0.25) is 20.2 Å². The normalized spacial score (nSPS) is 13.1. The topological polar surface area (TPSA) is 123 Å². The minimum absolute atomic E-state index is 0.124. The molecule has 0 unspecified atom stereocenters. The summed E-state index contributed by atoms with van der Waals surface area (Å²) < 4.78 is 15.3. The van der Waals surface area contributed by atoms with E-state index in [9.17, 15) is 19.7 Å². The number of rotatable bonds is 7. The molecule has 186 valence electrons. The maximum atomic E-state index is 12.7. The average molecular weight is 503 g/mol. The molecular weight excluding hydrogens is 476 g/mol. The van der Waals surface area contributed by atoms with Gasteiger partial charge in [-0.15, -0.1) is 0 Å². The first kappa shape index (κ1) is 25.7. The molecule has 0 saturated carbocycles. The molecular formula is C23H26N4O7S. The third-order valence-corrected chi connectivity index (χ3v) is 5.79. The van der Waals surface area contributed by atoms with Gasteiger partial charge < -0.3 is 24.0 Å². The average Bonchev–Trinajstić information content (AvgIpc) is 2.88. The van der Waals surface area contributed by atoms with E-state index >= 15 is 0 Å². The number of nitrogens with one attached hydrogen (secondary N) is 1. The highest BCUT2D eigenvalue weighted by Gasteiger charge is 2.27. The van der Waals surface area contributed by atoms with Crippen LogP contribution in [0, 0.1) is 10.1 Å². The molecule has 3 rings (SSSR count). The number of amides is 1. The first-order valence-corrected chi connectivity index (χ1v) is 11.2. The zero-order chi connectivity index (χ0) is 25.5. The smallest absolute Gasteiger partial charge is 0.338 e. The van der Waals surface area contributed by atoms with Crippen molar-refractivity contribution in [1.82, 2.24) is 10.2 Å². The molecule has 0 spiro atoms. The third kappa shape index (κ3) is 6.15. The number of thiocarbonyl (C=S) groups is 1. The number of piperazine rings is 1. The summed E-state index contributed by atoms with van der Waals surface area (Å²) in [6.07, 6.45) is 0. The van der Waals surface area contributed by atoms with Crippen LogP contribution in [-0.2, 0) is 4.74 Å². The van der Waals surface area contributed by atoms with E-state index < -0.39 is 16.8 Å². The second-order valence-electron chi connectivity index (χ2n) is 7.52. The van der Waals surface area contributed by atoms with Crippen LogP contribution < -0.4 is 19.7 Å². The van der Waals surface area contributed by atoms with E-state index in [1.807, 2.05) is 9.80 Å². The molecule has 12 heteroatoms. The summed E-state index contributed by atoms with van der Waals surface area (Å²) >= 11 is 5.42. The van der Waals surface area contributed by atoms with E-state index in [0.29, 0.717) is 48.9 Å². The Morgan fingerprint density at radius 1 is 1.03 bits per heavy atom. The van der Waals surface area contributed by atoms with Gasteiger partial charge in [-0.05, 0) is 43.4 Å². The van der Waals surface area contributed by atoms with Crippen LogP contribution in [0.5, 0.6) is 11.5 Å². The predicted octanol–water partition coefficient (Wildman–Crippen LogP) is 2.63. The fraction of sp³-hybridized carbons (Fsp3) is 0.348. The van der Waals surface area contributed by atoms with Crippen molar-refractivity contribution in [3.8, 4) is 11.5 Å². The van der Waals surface area contributed by atoms with E-state index in [-0.39, 0.29) is 23.0 Å². The van der Waals surface area contributed by atoms with Gasteiger partial charge in [0.1, 0.15) is 17.2 Å². The molecule has 35 heavy (non-hydrogen) atoms. The number of nitro groups is 1. The van der Waals surface area contributed by atoms with E-state index in [4.69, 9.17) is 26.4 Å². The van der Waals surface area contributed by atoms with Crippen LogP contribution in [0.25, 0.3) is 0 Å². The first-order chi connectivity index (χ1) is 16.8. The molecule has 0 aromatic heterocycles. The van der Waals surface area contributed by atoms with Crippen LogP contribution in [0.4, 0.5) is 11.4 Å². The molecule has 11 nitrogen and oxygen atoms in total. The Morgan fingerprint density at radius 2 is 1.66 bits per heavy atom. The zero-order valence-electron chi connectivity index (χ0n) is 19.6. The summed E-state index contributed by atoms with van der Waals surface area (Å²) in [6.45, 7) is 3.60. The van der Waals surface area contributed by atoms with Crippen molar-refractivity contribution in [2.24, 2.45) is 0 Å². The SMILES string of the molecule is CCOC(=O)c1ccc(N2CCN(C(=S)NC(=O)c3cc(OC)cc(OC)c3)CC2)c([N+](=O)[O-])c1. The molecule has 2 aromatic rings. The monoisotopic (exact) mass is 502 g/mol. The van der Waals surface area contributed by atoms with Gasteiger partial charge in [0.2, 0.25) is 0 Å². The van der Waals surface area contributed by atoms with Crippen LogP contribution in [0.1, 0.15) is 27.6 Å². The maximum Gasteiger partial charge on any atom is 0.338 e. The molecule has 1 fully saturated rings. The lowest BCUT2D eigenvalue weighted by molar-refractivity contribution is -0.384. The number of methoxy groups -OCH3 is 2. The fourth-order valence-corrected chi connectivity index (χ4v) is 3.89. The Kier molecular flexibility index (Phi) is 8.42. The first-order valence-electron chi connectivity index (χ1n) is 10.8. The highest BCUT2D eigenvalue weighted by atomic mass is 32.1. The molecule has 1 aliphatic heterocycles. The van der Waals surface area contributed by atoms with Crippen LogP contribution in [-0.4, -0.2) is 73.8 Å². The minimum atomic E-state index is -0.610. The fourth-order valence-electron chi connectivity index (χ4n) is 3.62. The number of ether oxygens (including phenoxy) is 3. The summed E-state index contributed by atoms with van der Waals surface area (Å²) in [5.41, 5.74) is 0.687. The van der Waals surface area contributed by atoms with Gasteiger partial charge in [0.25, 0.3) is 11.6 Å². The Bertz CT molecular complexity index is 1110. The van der Waals surface area contributed by atoms with Crippen LogP contribution in [0.2, 0.25) is 0 Å². The van der Waals surface area contributed by atoms with Gasteiger partial charge in [0, 0.05) is 43.9 Å². The highest BCUT2D eigenvalue weighted by molar-refractivity contribution is 7.80. The Hall–Kier alpha value is -3.93. The Balaban J connectivity index is 1.65. The van der Waals surface area contributed by atoms with Crippen molar-refractivity contribution in [3.05, 3.63) is 57.6 Å². The van der Waals surface area contributed by atoms with Gasteiger partial charge in [-0.2, -0.15) is 0 Å². The van der Waals surface area contributed by atoms with Gasteiger partial charge in [0.15, 0.2) is 5.11 Å². The highest BCUT2D eigenvalue weighted by Crippen LogP contribution is 2.30. The zero-order valence-corrected chi connectivity index (χ0v) is 20.4. The summed E-state index contributed by atoms with van der Waals surface area (Å²) in [6, 6.07) is 9.12. The van der Waals surface area contributed by atoms with E-state index in [1.54, 1.807) is 31.2 Å². The van der Waals surface area contributed by atoms with Gasteiger partial charge >= 0.3 is 5.97 Å². The lowest BCUT2D eigenvalue weighted by Gasteiger charge is -2.37. The maximum absolute atomic E-state index is 12.7. The largest absolute Gasteiger partial charge is 0.497 e. The molecule has 2 aromatic carbocycles. The van der Waals surface area contributed by atoms with Crippen LogP contribution >= 0.6 is 12.2 Å². The molecule has 0 aliphatic carbocycles. The van der Waals surface area contributed by atoms with Crippen LogP contribution in [0.15, 0.2) is 36.4 Å². The third-order valence-electron chi connectivity index (χ3n) is 5.42. The molecule has 1 saturated heterocycles. The summed E-state index contributed by atoms with van der Waals surface area (Å²) in [5.74, 6) is -0.0595. The molecule has 1 heterocycles. The molecule has 0 atom stereocenters. The molecule has 0 radical (unpaired) electrons. The van der Waals surface area contributed by atoms with Gasteiger partial charge in [0.05, 0.1) is 31.3 Å². The molecule has 1 aliphatic rings. The predicted molar refractivity (Wildman–Crippen MR) is 132 cm³/mol. The molecule has 1 amide bonds. The Labute approximate surface area is 207 Å². The van der Waals surface area contributed by atoms with Crippen molar-refractivity contribution in [2.75, 3.05) is 51.9 Å². The second kappa shape index (κ2) is 11.5. The molecule has 1 N–H and O–H groups in total. The van der Waals surface area contributed by atoms with E-state index in [0.717, 1.165) is 0 Å². The quantitative estimate of drug-likeness (QED) is 0.262. The summed E-state index contributed by atoms with van der Waals surface area (Å²) in [7, 11) is 2.99. The van der Waals surface area contributed by atoms with E-state index in [2.05, 4.69) is 5.32 Å². The number of hydrogen-bond donors (Lipinski definition) is 1. The van der Waals surface area contributed by atoms with Crippen molar-refractivity contribution >= 4 is 40.6 Å². The number of benzene rings is 2. The number of carbonyl (C=O) groups is 2. The van der Waals surface area contributed by atoms with Crippen molar-refractivity contribution < 1.29 is 28.7 Å². The van der Waals surface area contributed by atoms with Gasteiger partial charge in [-0.1, -0.05) is 0 Å². The molecule has 0 bridgehead atoms. The van der Waals surface area contributed by atoms with E-state index in [1.165, 1.54) is 26.4 Å². The van der Waals surface area contributed by atoms with Gasteiger partial charge in [-0.25, -0.2) is 4.79 Å². The standard InChI is InChI=1S/C23H26N4O7S/c1-4-34-22(29)15-5-6-19(20(13-15)27(30)31)25-7-9-26(10-8-25)23(35)24-21(28)16-11-17(32-2)14-18(12-16)33-3/h5-6,11-14H,4,7-10H2,1-3H3,(H,24,28,35). The number of nitro benzene ring substituents is 1. The lowest BCUT2D eigenvalue weighted by Crippen LogP contribution is -2.52. The van der Waals surface area contributed by atoms with Crippen molar-refractivity contribution in [3.63, 3.8) is 0 Å². The van der Waals surface area contributed by atoms with Crippen LogP contribution in [0.3, 0.4) is 0 Å². The second-order valence-corrected chi connectivity index (χ2v) is 7.90. The number of carbonyl (C=O) groups excluding carboxylic acids is 2. The number of esters is 1. The summed E-state index contributed by atoms with van der Waals surface area (Å²) in [4.78, 5) is 39.5. The van der Waals surface area contributed by atoms with Crippen molar-refractivity contribution in [2.45, 2.75) is 6.92 Å².